The van der Waals surface area contributed by atoms with E-state index in [-0.39, 0.29) is 11.9 Å². The molecule has 1 saturated carbocycles. The van der Waals surface area contributed by atoms with Gasteiger partial charge in [0.15, 0.2) is 5.17 Å². The van der Waals surface area contributed by atoms with Crippen molar-refractivity contribution >= 4 is 45.4 Å². The van der Waals surface area contributed by atoms with E-state index < -0.39 is 0 Å². The number of benzene rings is 3. The lowest BCUT2D eigenvalue weighted by Crippen LogP contribution is -2.40. The number of ether oxygens (including phenoxy) is 1. The molecule has 3 aromatic rings. The second-order valence-corrected chi connectivity index (χ2v) is 9.29. The number of amides is 1. The van der Waals surface area contributed by atoms with Crippen LogP contribution in [0.5, 0.6) is 5.75 Å². The average Bonchev–Trinajstić information content (AvgIpc) is 3.14. The minimum atomic E-state index is 0.0595. The molecule has 5 rings (SSSR count). The fraction of sp³-hybridized carbons (Fsp3) is 0.259. The molecule has 2 fully saturated rings. The van der Waals surface area contributed by atoms with Gasteiger partial charge in [-0.3, -0.25) is 9.69 Å². The zero-order chi connectivity index (χ0) is 21.9. The van der Waals surface area contributed by atoms with Gasteiger partial charge >= 0.3 is 0 Å². The van der Waals surface area contributed by atoms with Gasteiger partial charge < -0.3 is 4.74 Å². The van der Waals surface area contributed by atoms with Crippen LogP contribution in [0.3, 0.4) is 0 Å². The van der Waals surface area contributed by atoms with Crippen molar-refractivity contribution in [2.75, 3.05) is 7.11 Å². The maximum Gasteiger partial charge on any atom is 0.267 e. The first-order chi connectivity index (χ1) is 15.7. The molecule has 5 heteroatoms. The van der Waals surface area contributed by atoms with Gasteiger partial charge in [-0.25, -0.2) is 4.99 Å². The molecule has 1 heterocycles. The topological polar surface area (TPSA) is 41.9 Å². The van der Waals surface area contributed by atoms with Gasteiger partial charge in [0.1, 0.15) is 5.75 Å². The number of methoxy groups -OCH3 is 1. The van der Waals surface area contributed by atoms with E-state index in [1.807, 2.05) is 53.4 Å². The first kappa shape index (κ1) is 20.8. The number of aliphatic imine (C=N–C) groups is 1. The number of nitrogens with zero attached hydrogens (tertiary/aromatic N) is 2. The number of amidine groups is 1. The summed E-state index contributed by atoms with van der Waals surface area (Å²) in [4.78, 5) is 21.1. The lowest BCUT2D eigenvalue weighted by atomic mass is 9.94. The maximum absolute atomic E-state index is 13.5. The Morgan fingerprint density at radius 2 is 1.78 bits per heavy atom. The van der Waals surface area contributed by atoms with Gasteiger partial charge in [-0.15, -0.1) is 0 Å². The minimum Gasteiger partial charge on any atom is -0.497 e. The SMILES string of the molecule is COc1cccc(C=C2SC(=Nc3ccc4ccccc4c3)N(C3CCCCC3)C2=O)c1. The Morgan fingerprint density at radius 3 is 2.59 bits per heavy atom. The van der Waals surface area contributed by atoms with Crippen LogP contribution in [0.4, 0.5) is 5.69 Å². The molecule has 0 aromatic heterocycles. The molecule has 162 valence electrons. The normalized spacial score (nSPS) is 19.9. The molecule has 0 unspecified atom stereocenters. The predicted octanol–water partition coefficient (Wildman–Crippen LogP) is 6.79. The first-order valence-corrected chi connectivity index (χ1v) is 12.0. The first-order valence-electron chi connectivity index (χ1n) is 11.2. The summed E-state index contributed by atoms with van der Waals surface area (Å²) in [6.07, 6.45) is 7.60. The van der Waals surface area contributed by atoms with Crippen LogP contribution in [-0.2, 0) is 4.79 Å². The number of hydrogen-bond acceptors (Lipinski definition) is 4. The van der Waals surface area contributed by atoms with Crippen molar-refractivity contribution in [1.29, 1.82) is 0 Å². The van der Waals surface area contributed by atoms with E-state index in [9.17, 15) is 4.79 Å². The van der Waals surface area contributed by atoms with Crippen LogP contribution in [-0.4, -0.2) is 29.1 Å². The van der Waals surface area contributed by atoms with E-state index >= 15 is 0 Å². The van der Waals surface area contributed by atoms with Crippen LogP contribution >= 0.6 is 11.8 Å². The van der Waals surface area contributed by atoms with Crippen molar-refractivity contribution in [3.63, 3.8) is 0 Å². The molecule has 1 amide bonds. The highest BCUT2D eigenvalue weighted by Crippen LogP contribution is 2.39. The molecule has 0 bridgehead atoms. The van der Waals surface area contributed by atoms with Crippen LogP contribution in [0.2, 0.25) is 0 Å². The Balaban J connectivity index is 1.52. The number of carbonyl (C=O) groups excluding carboxylic acids is 1. The number of carbonyl (C=O) groups is 1. The van der Waals surface area contributed by atoms with Gasteiger partial charge in [0.2, 0.25) is 0 Å². The molecule has 3 aromatic carbocycles. The monoisotopic (exact) mass is 442 g/mol. The van der Waals surface area contributed by atoms with E-state index in [1.54, 1.807) is 7.11 Å². The third-order valence-corrected chi connectivity index (χ3v) is 7.11. The molecular formula is C27H26N2O2S. The van der Waals surface area contributed by atoms with Gasteiger partial charge in [0.05, 0.1) is 17.7 Å². The number of thioether (sulfide) groups is 1. The Bertz CT molecular complexity index is 1210. The van der Waals surface area contributed by atoms with Crippen molar-refractivity contribution in [3.05, 3.63) is 77.2 Å². The van der Waals surface area contributed by atoms with Gasteiger partial charge in [-0.1, -0.05) is 61.7 Å². The summed E-state index contributed by atoms with van der Waals surface area (Å²) < 4.78 is 5.34. The molecule has 0 N–H and O–H groups in total. The van der Waals surface area contributed by atoms with Crippen molar-refractivity contribution in [2.24, 2.45) is 4.99 Å². The lowest BCUT2D eigenvalue weighted by molar-refractivity contribution is -0.124. The van der Waals surface area contributed by atoms with Crippen molar-refractivity contribution < 1.29 is 9.53 Å². The largest absolute Gasteiger partial charge is 0.497 e. The maximum atomic E-state index is 13.5. The third-order valence-electron chi connectivity index (χ3n) is 6.13. The van der Waals surface area contributed by atoms with Gasteiger partial charge in [0.25, 0.3) is 5.91 Å². The summed E-state index contributed by atoms with van der Waals surface area (Å²) in [5.41, 5.74) is 1.83. The Kier molecular flexibility index (Phi) is 5.99. The smallest absolute Gasteiger partial charge is 0.267 e. The highest BCUT2D eigenvalue weighted by molar-refractivity contribution is 8.18. The van der Waals surface area contributed by atoms with Crippen molar-refractivity contribution in [1.82, 2.24) is 4.90 Å². The van der Waals surface area contributed by atoms with Crippen LogP contribution < -0.4 is 4.74 Å². The molecule has 1 saturated heterocycles. The van der Waals surface area contributed by atoms with Crippen LogP contribution in [0.15, 0.2) is 76.6 Å². The van der Waals surface area contributed by atoms with Crippen molar-refractivity contribution in [2.45, 2.75) is 38.1 Å². The molecule has 4 nitrogen and oxygen atoms in total. The molecule has 0 spiro atoms. The highest BCUT2D eigenvalue weighted by atomic mass is 32.2. The zero-order valence-electron chi connectivity index (χ0n) is 18.2. The standard InChI is InChI=1S/C27H26N2O2S/c1-31-24-13-7-8-19(16-24)17-25-26(30)29(23-11-3-2-4-12-23)27(32-25)28-22-15-14-20-9-5-6-10-21(20)18-22/h5-10,13-18,23H,2-4,11-12H2,1H3. The summed E-state index contributed by atoms with van der Waals surface area (Å²) >= 11 is 1.48. The van der Waals surface area contributed by atoms with E-state index in [1.165, 1.54) is 23.6 Å². The number of hydrogen-bond donors (Lipinski definition) is 0. The quantitative estimate of drug-likeness (QED) is 0.418. The molecule has 1 aliphatic heterocycles. The zero-order valence-corrected chi connectivity index (χ0v) is 19.0. The van der Waals surface area contributed by atoms with E-state index in [0.29, 0.717) is 4.91 Å². The van der Waals surface area contributed by atoms with Crippen molar-refractivity contribution in [3.8, 4) is 5.75 Å². The predicted molar refractivity (Wildman–Crippen MR) is 133 cm³/mol. The third kappa shape index (κ3) is 4.30. The number of fused-ring (bicyclic) bond motifs is 1. The van der Waals surface area contributed by atoms with Gasteiger partial charge in [0, 0.05) is 6.04 Å². The summed E-state index contributed by atoms with van der Waals surface area (Å²) in [7, 11) is 1.65. The van der Waals surface area contributed by atoms with Crippen LogP contribution in [0.1, 0.15) is 37.7 Å². The fourth-order valence-corrected chi connectivity index (χ4v) is 5.52. The van der Waals surface area contributed by atoms with E-state index in [4.69, 9.17) is 9.73 Å². The molecule has 0 atom stereocenters. The molecular weight excluding hydrogens is 416 g/mol. The molecule has 32 heavy (non-hydrogen) atoms. The summed E-state index contributed by atoms with van der Waals surface area (Å²) in [6, 6.07) is 22.5. The van der Waals surface area contributed by atoms with Gasteiger partial charge in [-0.2, -0.15) is 0 Å². The second-order valence-electron chi connectivity index (χ2n) is 8.28. The second kappa shape index (κ2) is 9.21. The Labute approximate surface area is 193 Å². The molecule has 1 aliphatic carbocycles. The van der Waals surface area contributed by atoms with E-state index in [2.05, 4.69) is 24.3 Å². The minimum absolute atomic E-state index is 0.0595. The Morgan fingerprint density at radius 1 is 0.969 bits per heavy atom. The molecule has 2 aliphatic rings. The lowest BCUT2D eigenvalue weighted by Gasteiger charge is -2.30. The number of rotatable bonds is 4. The molecule has 0 radical (unpaired) electrons. The summed E-state index contributed by atoms with van der Waals surface area (Å²) in [5, 5.41) is 3.13. The summed E-state index contributed by atoms with van der Waals surface area (Å²) in [6.45, 7) is 0. The van der Waals surface area contributed by atoms with Gasteiger partial charge in [-0.05, 0) is 71.3 Å². The summed E-state index contributed by atoms with van der Waals surface area (Å²) in [5.74, 6) is 0.841. The highest BCUT2D eigenvalue weighted by Gasteiger charge is 2.38. The van der Waals surface area contributed by atoms with Crippen LogP contribution in [0, 0.1) is 0 Å². The van der Waals surface area contributed by atoms with E-state index in [0.717, 1.165) is 53.2 Å². The fourth-order valence-electron chi connectivity index (χ4n) is 4.47. The van der Waals surface area contributed by atoms with Crippen LogP contribution in [0.25, 0.3) is 16.8 Å². The Hall–Kier alpha value is -3.05. The average molecular weight is 443 g/mol.